The van der Waals surface area contributed by atoms with Gasteiger partial charge in [0, 0.05) is 31.9 Å². The number of anilines is 1. The summed E-state index contributed by atoms with van der Waals surface area (Å²) in [6.45, 7) is 4.10. The van der Waals surface area contributed by atoms with Gasteiger partial charge < -0.3 is 15.5 Å². The van der Waals surface area contributed by atoms with Crippen LogP contribution in [0.5, 0.6) is 0 Å². The summed E-state index contributed by atoms with van der Waals surface area (Å²) < 4.78 is 0. The van der Waals surface area contributed by atoms with E-state index in [9.17, 15) is 4.79 Å². The summed E-state index contributed by atoms with van der Waals surface area (Å²) in [6, 6.07) is 6.41. The summed E-state index contributed by atoms with van der Waals surface area (Å²) in [7, 11) is 0. The molecule has 2 aliphatic heterocycles. The second kappa shape index (κ2) is 5.61. The van der Waals surface area contributed by atoms with Crippen LogP contribution < -0.4 is 10.6 Å². The van der Waals surface area contributed by atoms with Gasteiger partial charge in [-0.05, 0) is 30.4 Å². The Bertz CT molecular complexity index is 466. The average Bonchev–Trinajstić information content (AvgIpc) is 3.10. The van der Waals surface area contributed by atoms with Crippen LogP contribution in [0.1, 0.15) is 24.0 Å². The van der Waals surface area contributed by atoms with E-state index in [0.717, 1.165) is 45.4 Å². The van der Waals surface area contributed by atoms with Crippen LogP contribution in [0.3, 0.4) is 0 Å². The van der Waals surface area contributed by atoms with Crippen LogP contribution in [-0.2, 0) is 17.8 Å². The number of para-hydroxylation sites is 1. The van der Waals surface area contributed by atoms with Crippen molar-refractivity contribution in [3.8, 4) is 0 Å². The molecular formula is C15H21N3O. The Kier molecular flexibility index (Phi) is 3.69. The van der Waals surface area contributed by atoms with Gasteiger partial charge >= 0.3 is 0 Å². The Morgan fingerprint density at radius 3 is 3.00 bits per heavy atom. The molecule has 0 atom stereocenters. The molecule has 2 aliphatic rings. The van der Waals surface area contributed by atoms with Crippen molar-refractivity contribution in [2.45, 2.75) is 25.8 Å². The second-order valence-corrected chi connectivity index (χ2v) is 5.32. The highest BCUT2D eigenvalue weighted by atomic mass is 16.2. The highest BCUT2D eigenvalue weighted by molar-refractivity contribution is 5.78. The zero-order valence-electron chi connectivity index (χ0n) is 11.2. The zero-order chi connectivity index (χ0) is 13.1. The summed E-state index contributed by atoms with van der Waals surface area (Å²) in [4.78, 5) is 13.9. The van der Waals surface area contributed by atoms with Gasteiger partial charge in [-0.2, -0.15) is 0 Å². The molecule has 2 heterocycles. The molecule has 4 heteroatoms. The second-order valence-electron chi connectivity index (χ2n) is 5.32. The lowest BCUT2D eigenvalue weighted by atomic mass is 10.1. The Morgan fingerprint density at radius 2 is 2.16 bits per heavy atom. The van der Waals surface area contributed by atoms with Crippen LogP contribution in [0.4, 0.5) is 5.69 Å². The monoisotopic (exact) mass is 259 g/mol. The number of carbonyl (C=O) groups is 1. The molecule has 0 aromatic heterocycles. The highest BCUT2D eigenvalue weighted by Crippen LogP contribution is 2.26. The van der Waals surface area contributed by atoms with Crippen molar-refractivity contribution in [3.63, 3.8) is 0 Å². The maximum Gasteiger partial charge on any atom is 0.236 e. The van der Waals surface area contributed by atoms with Crippen LogP contribution in [-0.4, -0.2) is 37.0 Å². The van der Waals surface area contributed by atoms with Crippen molar-refractivity contribution in [3.05, 3.63) is 29.3 Å². The maximum absolute atomic E-state index is 11.9. The van der Waals surface area contributed by atoms with Crippen molar-refractivity contribution in [1.82, 2.24) is 10.2 Å². The number of fused-ring (bicyclic) bond motifs is 1. The molecule has 1 amide bonds. The molecule has 0 saturated carbocycles. The summed E-state index contributed by atoms with van der Waals surface area (Å²) in [6.07, 6.45) is 3.42. The van der Waals surface area contributed by atoms with Gasteiger partial charge in [0.05, 0.1) is 6.54 Å². The Morgan fingerprint density at radius 1 is 1.32 bits per heavy atom. The lowest BCUT2D eigenvalue weighted by Gasteiger charge is -2.16. The van der Waals surface area contributed by atoms with E-state index in [-0.39, 0.29) is 5.91 Å². The first-order valence-corrected chi connectivity index (χ1v) is 7.18. The Hall–Kier alpha value is -1.55. The van der Waals surface area contributed by atoms with E-state index in [1.165, 1.54) is 16.8 Å². The molecule has 2 N–H and O–H groups in total. The summed E-state index contributed by atoms with van der Waals surface area (Å²) in [5, 5.41) is 6.70. The number of hydrogen-bond acceptors (Lipinski definition) is 3. The molecule has 0 radical (unpaired) electrons. The summed E-state index contributed by atoms with van der Waals surface area (Å²) in [5.41, 5.74) is 3.93. The van der Waals surface area contributed by atoms with Gasteiger partial charge in [-0.15, -0.1) is 0 Å². The van der Waals surface area contributed by atoms with Crippen molar-refractivity contribution in [1.29, 1.82) is 0 Å². The number of carbonyl (C=O) groups excluding carboxylic acids is 1. The third-order valence-corrected chi connectivity index (χ3v) is 3.98. The minimum absolute atomic E-state index is 0.234. The van der Waals surface area contributed by atoms with Gasteiger partial charge in [-0.25, -0.2) is 0 Å². The van der Waals surface area contributed by atoms with Gasteiger partial charge in [0.1, 0.15) is 0 Å². The van der Waals surface area contributed by atoms with Gasteiger partial charge in [0.15, 0.2) is 0 Å². The van der Waals surface area contributed by atoms with Gasteiger partial charge in [-0.3, -0.25) is 4.79 Å². The maximum atomic E-state index is 11.9. The third-order valence-electron chi connectivity index (χ3n) is 3.98. The smallest absolute Gasteiger partial charge is 0.236 e. The van der Waals surface area contributed by atoms with E-state index in [0.29, 0.717) is 6.54 Å². The molecule has 1 aromatic carbocycles. The van der Waals surface area contributed by atoms with Crippen LogP contribution in [0.25, 0.3) is 0 Å². The molecule has 102 valence electrons. The number of rotatable bonds is 4. The number of nitrogens with one attached hydrogen (secondary N) is 2. The van der Waals surface area contributed by atoms with E-state index < -0.39 is 0 Å². The van der Waals surface area contributed by atoms with Crippen LogP contribution in [0, 0.1) is 0 Å². The Balaban J connectivity index is 1.52. The van der Waals surface area contributed by atoms with E-state index in [2.05, 4.69) is 28.8 Å². The fourth-order valence-electron chi connectivity index (χ4n) is 2.94. The molecule has 3 rings (SSSR count). The van der Waals surface area contributed by atoms with Gasteiger partial charge in [-0.1, -0.05) is 18.2 Å². The number of nitrogens with zero attached hydrogens (tertiary/aromatic N) is 1. The van der Waals surface area contributed by atoms with Crippen molar-refractivity contribution in [2.24, 2.45) is 0 Å². The van der Waals surface area contributed by atoms with E-state index in [1.54, 1.807) is 0 Å². The SMILES string of the molecule is O=C(CNCc1cccc2c1NCC2)N1CCCC1. The van der Waals surface area contributed by atoms with E-state index in [1.807, 2.05) is 4.90 Å². The number of amides is 1. The van der Waals surface area contributed by atoms with Crippen molar-refractivity contribution < 1.29 is 4.79 Å². The highest BCUT2D eigenvalue weighted by Gasteiger charge is 2.18. The van der Waals surface area contributed by atoms with E-state index >= 15 is 0 Å². The molecule has 0 spiro atoms. The molecule has 1 saturated heterocycles. The molecular weight excluding hydrogens is 238 g/mol. The third kappa shape index (κ3) is 2.73. The first kappa shape index (κ1) is 12.5. The summed E-state index contributed by atoms with van der Waals surface area (Å²) >= 11 is 0. The molecule has 0 bridgehead atoms. The molecule has 4 nitrogen and oxygen atoms in total. The zero-order valence-corrected chi connectivity index (χ0v) is 11.2. The van der Waals surface area contributed by atoms with Crippen LogP contribution in [0.2, 0.25) is 0 Å². The molecule has 0 unspecified atom stereocenters. The minimum atomic E-state index is 0.234. The van der Waals surface area contributed by atoms with Crippen LogP contribution >= 0.6 is 0 Å². The standard InChI is InChI=1S/C15H21N3O/c19-14(18-8-1-2-9-18)11-16-10-13-5-3-4-12-6-7-17-15(12)13/h3-5,16-17H,1-2,6-11H2. The first-order valence-electron chi connectivity index (χ1n) is 7.18. The van der Waals surface area contributed by atoms with Gasteiger partial charge in [0.25, 0.3) is 0 Å². The van der Waals surface area contributed by atoms with Crippen LogP contribution in [0.15, 0.2) is 18.2 Å². The summed E-state index contributed by atoms with van der Waals surface area (Å²) in [5.74, 6) is 0.234. The molecule has 1 aromatic rings. The van der Waals surface area contributed by atoms with Crippen molar-refractivity contribution in [2.75, 3.05) is 31.5 Å². The van der Waals surface area contributed by atoms with E-state index in [4.69, 9.17) is 0 Å². The Labute approximate surface area is 114 Å². The minimum Gasteiger partial charge on any atom is -0.384 e. The first-order chi connectivity index (χ1) is 9.34. The van der Waals surface area contributed by atoms with Gasteiger partial charge in [0.2, 0.25) is 5.91 Å². The predicted molar refractivity (Wildman–Crippen MR) is 76.2 cm³/mol. The number of benzene rings is 1. The fourth-order valence-corrected chi connectivity index (χ4v) is 2.94. The normalized spacial score (nSPS) is 17.4. The molecule has 1 fully saturated rings. The largest absolute Gasteiger partial charge is 0.384 e. The van der Waals surface area contributed by atoms with Crippen molar-refractivity contribution >= 4 is 11.6 Å². The lowest BCUT2D eigenvalue weighted by molar-refractivity contribution is -0.129. The quantitative estimate of drug-likeness (QED) is 0.858. The molecule has 0 aliphatic carbocycles. The fraction of sp³-hybridized carbons (Fsp3) is 0.533. The number of hydrogen-bond donors (Lipinski definition) is 2. The topological polar surface area (TPSA) is 44.4 Å². The number of likely N-dealkylation sites (tertiary alicyclic amines) is 1. The molecule has 19 heavy (non-hydrogen) atoms. The average molecular weight is 259 g/mol. The predicted octanol–water partition coefficient (Wildman–Crippen LogP) is 1.37. The lowest BCUT2D eigenvalue weighted by Crippen LogP contribution is -2.36.